The second-order valence-electron chi connectivity index (χ2n) is 6.48. The molecule has 22 heavy (non-hydrogen) atoms. The Balaban J connectivity index is 1.38. The van der Waals surface area contributed by atoms with Gasteiger partial charge in [-0.15, -0.1) is 0 Å². The molecular weight excluding hydrogens is 276 g/mol. The van der Waals surface area contributed by atoms with Crippen molar-refractivity contribution in [3.8, 4) is 0 Å². The van der Waals surface area contributed by atoms with Gasteiger partial charge in [0.25, 0.3) is 0 Å². The highest BCUT2D eigenvalue weighted by Gasteiger charge is 2.25. The van der Waals surface area contributed by atoms with E-state index in [1.165, 1.54) is 6.42 Å². The Bertz CT molecular complexity index is 519. The minimum atomic E-state index is 0.336. The lowest BCUT2D eigenvalue weighted by Gasteiger charge is -2.21. The molecule has 2 aliphatic heterocycles. The van der Waals surface area contributed by atoms with Crippen LogP contribution in [0, 0.1) is 12.8 Å². The molecule has 2 aliphatic rings. The second kappa shape index (κ2) is 7.09. The molecule has 1 aromatic rings. The standard InChI is InChI=1S/C17H26N4O/c1-14-4-2-5-16(19-14)18-12-15-7-9-20(13-15)10-11-21-8-3-6-17(21)22/h2,4-5,15H,3,6-13H2,1H3,(H,18,19)/t15-/m0/s1. The molecule has 0 bridgehead atoms. The highest BCUT2D eigenvalue weighted by atomic mass is 16.2. The first kappa shape index (κ1) is 15.3. The molecule has 0 aromatic carbocycles. The minimum absolute atomic E-state index is 0.336. The summed E-state index contributed by atoms with van der Waals surface area (Å²) < 4.78 is 0. The molecule has 1 amide bonds. The van der Waals surface area contributed by atoms with Crippen LogP contribution in [0.3, 0.4) is 0 Å². The van der Waals surface area contributed by atoms with Crippen LogP contribution in [0.25, 0.3) is 0 Å². The smallest absolute Gasteiger partial charge is 0.222 e. The van der Waals surface area contributed by atoms with Crippen molar-refractivity contribution in [3.63, 3.8) is 0 Å². The van der Waals surface area contributed by atoms with Gasteiger partial charge in [0.15, 0.2) is 0 Å². The largest absolute Gasteiger partial charge is 0.370 e. The van der Waals surface area contributed by atoms with Crippen LogP contribution >= 0.6 is 0 Å². The number of amides is 1. The normalized spacial score (nSPS) is 22.5. The van der Waals surface area contributed by atoms with Crippen molar-refractivity contribution >= 4 is 11.7 Å². The third-order valence-corrected chi connectivity index (χ3v) is 4.69. The number of nitrogens with one attached hydrogen (secondary N) is 1. The molecule has 120 valence electrons. The quantitative estimate of drug-likeness (QED) is 0.870. The van der Waals surface area contributed by atoms with Crippen molar-refractivity contribution in [2.75, 3.05) is 44.6 Å². The van der Waals surface area contributed by atoms with Crippen LogP contribution in [-0.4, -0.2) is 60.0 Å². The molecule has 0 saturated carbocycles. The van der Waals surface area contributed by atoms with E-state index in [0.29, 0.717) is 11.8 Å². The molecule has 0 spiro atoms. The van der Waals surface area contributed by atoms with Gasteiger partial charge in [0, 0.05) is 44.8 Å². The Morgan fingerprint density at radius 2 is 2.23 bits per heavy atom. The highest BCUT2D eigenvalue weighted by molar-refractivity contribution is 5.78. The van der Waals surface area contributed by atoms with Crippen molar-refractivity contribution in [3.05, 3.63) is 23.9 Å². The van der Waals surface area contributed by atoms with E-state index in [2.05, 4.69) is 15.2 Å². The number of carbonyl (C=O) groups excluding carboxylic acids is 1. The summed E-state index contributed by atoms with van der Waals surface area (Å²) in [7, 11) is 0. The van der Waals surface area contributed by atoms with E-state index in [-0.39, 0.29) is 0 Å². The number of carbonyl (C=O) groups is 1. The molecule has 5 heteroatoms. The van der Waals surface area contributed by atoms with Crippen LogP contribution in [0.1, 0.15) is 25.0 Å². The fraction of sp³-hybridized carbons (Fsp3) is 0.647. The third kappa shape index (κ3) is 3.97. The van der Waals surface area contributed by atoms with Gasteiger partial charge in [0.1, 0.15) is 5.82 Å². The number of hydrogen-bond donors (Lipinski definition) is 1. The predicted molar refractivity (Wildman–Crippen MR) is 87.8 cm³/mol. The zero-order valence-electron chi connectivity index (χ0n) is 13.4. The maximum absolute atomic E-state index is 11.6. The van der Waals surface area contributed by atoms with Crippen molar-refractivity contribution in [2.45, 2.75) is 26.2 Å². The topological polar surface area (TPSA) is 48.5 Å². The van der Waals surface area contributed by atoms with Gasteiger partial charge in [0.05, 0.1) is 0 Å². The van der Waals surface area contributed by atoms with Gasteiger partial charge in [-0.1, -0.05) is 6.07 Å². The first-order chi connectivity index (χ1) is 10.7. The number of nitrogens with zero attached hydrogens (tertiary/aromatic N) is 3. The Hall–Kier alpha value is -1.62. The van der Waals surface area contributed by atoms with E-state index in [0.717, 1.165) is 63.6 Å². The monoisotopic (exact) mass is 302 g/mol. The molecule has 2 fully saturated rings. The Kier molecular flexibility index (Phi) is 4.93. The number of aryl methyl sites for hydroxylation is 1. The van der Waals surface area contributed by atoms with Crippen LogP contribution in [-0.2, 0) is 4.79 Å². The van der Waals surface area contributed by atoms with Crippen LogP contribution in [0.2, 0.25) is 0 Å². The molecule has 1 aromatic heterocycles. The number of hydrogen-bond acceptors (Lipinski definition) is 4. The van der Waals surface area contributed by atoms with E-state index >= 15 is 0 Å². The number of rotatable bonds is 6. The highest BCUT2D eigenvalue weighted by Crippen LogP contribution is 2.17. The lowest BCUT2D eigenvalue weighted by Crippen LogP contribution is -2.35. The summed E-state index contributed by atoms with van der Waals surface area (Å²) in [5.41, 5.74) is 1.05. The molecule has 0 radical (unpaired) electrons. The first-order valence-corrected chi connectivity index (χ1v) is 8.38. The predicted octanol–water partition coefficient (Wildman–Crippen LogP) is 1.75. The van der Waals surface area contributed by atoms with Crippen LogP contribution in [0.4, 0.5) is 5.82 Å². The molecule has 0 aliphatic carbocycles. The number of aromatic nitrogens is 1. The lowest BCUT2D eigenvalue weighted by molar-refractivity contribution is -0.127. The first-order valence-electron chi connectivity index (χ1n) is 8.38. The summed E-state index contributed by atoms with van der Waals surface area (Å²) in [6, 6.07) is 6.08. The van der Waals surface area contributed by atoms with E-state index in [1.807, 2.05) is 30.0 Å². The molecule has 0 unspecified atom stereocenters. The summed E-state index contributed by atoms with van der Waals surface area (Å²) in [4.78, 5) is 20.6. The summed E-state index contributed by atoms with van der Waals surface area (Å²) >= 11 is 0. The van der Waals surface area contributed by atoms with Crippen LogP contribution in [0.5, 0.6) is 0 Å². The minimum Gasteiger partial charge on any atom is -0.370 e. The van der Waals surface area contributed by atoms with Crippen LogP contribution < -0.4 is 5.32 Å². The van der Waals surface area contributed by atoms with Gasteiger partial charge in [-0.3, -0.25) is 4.79 Å². The van der Waals surface area contributed by atoms with Gasteiger partial charge in [-0.2, -0.15) is 0 Å². The van der Waals surface area contributed by atoms with Crippen molar-refractivity contribution in [1.29, 1.82) is 0 Å². The summed E-state index contributed by atoms with van der Waals surface area (Å²) in [5, 5.41) is 3.45. The van der Waals surface area contributed by atoms with Crippen molar-refractivity contribution < 1.29 is 4.79 Å². The summed E-state index contributed by atoms with van der Waals surface area (Å²) in [5.74, 6) is 1.99. The van der Waals surface area contributed by atoms with E-state index < -0.39 is 0 Å². The van der Waals surface area contributed by atoms with E-state index in [9.17, 15) is 4.79 Å². The van der Waals surface area contributed by atoms with Gasteiger partial charge in [0.2, 0.25) is 5.91 Å². The fourth-order valence-corrected chi connectivity index (χ4v) is 3.38. The number of pyridine rings is 1. The zero-order chi connectivity index (χ0) is 15.4. The van der Waals surface area contributed by atoms with E-state index in [1.54, 1.807) is 0 Å². The average Bonchev–Trinajstić information content (AvgIpc) is 3.12. The molecular formula is C17H26N4O. The maximum atomic E-state index is 11.6. The average molecular weight is 302 g/mol. The molecule has 2 saturated heterocycles. The van der Waals surface area contributed by atoms with Crippen LogP contribution in [0.15, 0.2) is 18.2 Å². The molecule has 1 atom stereocenters. The Morgan fingerprint density at radius 3 is 3.00 bits per heavy atom. The summed E-state index contributed by atoms with van der Waals surface area (Å²) in [6.07, 6.45) is 3.01. The van der Waals surface area contributed by atoms with Crippen molar-refractivity contribution in [2.24, 2.45) is 5.92 Å². The zero-order valence-corrected chi connectivity index (χ0v) is 13.4. The molecule has 3 heterocycles. The van der Waals surface area contributed by atoms with E-state index in [4.69, 9.17) is 0 Å². The summed E-state index contributed by atoms with van der Waals surface area (Å²) in [6.45, 7) is 8.15. The number of anilines is 1. The lowest BCUT2D eigenvalue weighted by atomic mass is 10.1. The third-order valence-electron chi connectivity index (χ3n) is 4.69. The maximum Gasteiger partial charge on any atom is 0.222 e. The molecule has 1 N–H and O–H groups in total. The second-order valence-corrected chi connectivity index (χ2v) is 6.48. The number of likely N-dealkylation sites (tertiary alicyclic amines) is 2. The van der Waals surface area contributed by atoms with Gasteiger partial charge < -0.3 is 15.1 Å². The molecule has 5 nitrogen and oxygen atoms in total. The van der Waals surface area contributed by atoms with Gasteiger partial charge in [-0.25, -0.2) is 4.98 Å². The fourth-order valence-electron chi connectivity index (χ4n) is 3.38. The molecule has 3 rings (SSSR count). The SMILES string of the molecule is Cc1cccc(NC[C@@H]2CCN(CCN3CCCC3=O)C2)n1. The van der Waals surface area contributed by atoms with Crippen molar-refractivity contribution in [1.82, 2.24) is 14.8 Å². The van der Waals surface area contributed by atoms with Gasteiger partial charge >= 0.3 is 0 Å². The Labute approximate surface area is 132 Å². The Morgan fingerprint density at radius 1 is 1.32 bits per heavy atom. The van der Waals surface area contributed by atoms with Gasteiger partial charge in [-0.05, 0) is 44.4 Å².